The highest BCUT2D eigenvalue weighted by atomic mass is 19.4. The van der Waals surface area contributed by atoms with E-state index in [1.807, 2.05) is 6.07 Å². The summed E-state index contributed by atoms with van der Waals surface area (Å²) in [6.07, 6.45) is -5.90. The summed E-state index contributed by atoms with van der Waals surface area (Å²) >= 11 is 0. The highest BCUT2D eigenvalue weighted by Gasteiger charge is 2.41. The lowest BCUT2D eigenvalue weighted by atomic mass is 9.96. The molecule has 0 bridgehead atoms. The first-order valence-corrected chi connectivity index (χ1v) is 6.15. The normalized spacial score (nSPS) is 23.8. The molecular formula is C13H15F3N2O2. The van der Waals surface area contributed by atoms with Gasteiger partial charge in [0.15, 0.2) is 0 Å². The SMILES string of the molecule is NC(=O)O[C@@H]1CN(CC(F)(F)F)C[C@H]1c1ccccc1. The molecule has 2 atom stereocenters. The van der Waals surface area contributed by atoms with Crippen LogP contribution in [0.5, 0.6) is 0 Å². The Morgan fingerprint density at radius 3 is 2.50 bits per heavy atom. The largest absolute Gasteiger partial charge is 0.444 e. The Balaban J connectivity index is 2.13. The molecule has 1 aliphatic rings. The van der Waals surface area contributed by atoms with Crippen molar-refractivity contribution in [2.75, 3.05) is 19.6 Å². The van der Waals surface area contributed by atoms with Crippen molar-refractivity contribution in [1.29, 1.82) is 0 Å². The second kappa shape index (κ2) is 5.70. The van der Waals surface area contributed by atoms with Crippen molar-refractivity contribution in [1.82, 2.24) is 4.90 Å². The van der Waals surface area contributed by atoms with Crippen LogP contribution in [-0.2, 0) is 4.74 Å². The first-order chi connectivity index (χ1) is 9.35. The van der Waals surface area contributed by atoms with Gasteiger partial charge in [0.1, 0.15) is 6.10 Å². The molecule has 1 aromatic rings. The number of carbonyl (C=O) groups excluding carboxylic acids is 1. The number of nitrogens with two attached hydrogens (primary N) is 1. The van der Waals surface area contributed by atoms with Gasteiger partial charge in [-0.25, -0.2) is 4.79 Å². The van der Waals surface area contributed by atoms with Crippen molar-refractivity contribution in [2.24, 2.45) is 5.73 Å². The van der Waals surface area contributed by atoms with Gasteiger partial charge in [-0.2, -0.15) is 13.2 Å². The molecule has 1 aliphatic heterocycles. The maximum atomic E-state index is 12.5. The van der Waals surface area contributed by atoms with Crippen molar-refractivity contribution in [3.05, 3.63) is 35.9 Å². The Bertz CT molecular complexity index is 464. The first kappa shape index (κ1) is 14.6. The Labute approximate surface area is 114 Å². The number of hydrogen-bond donors (Lipinski definition) is 1. The minimum Gasteiger partial charge on any atom is -0.444 e. The number of likely N-dealkylation sites (tertiary alicyclic amines) is 1. The fourth-order valence-electron chi connectivity index (χ4n) is 2.52. The van der Waals surface area contributed by atoms with Crippen molar-refractivity contribution < 1.29 is 22.7 Å². The molecule has 0 aromatic heterocycles. The lowest BCUT2D eigenvalue weighted by Gasteiger charge is -2.17. The number of rotatable bonds is 3. The monoisotopic (exact) mass is 288 g/mol. The number of benzene rings is 1. The predicted molar refractivity (Wildman–Crippen MR) is 66.1 cm³/mol. The van der Waals surface area contributed by atoms with Crippen LogP contribution in [-0.4, -0.2) is 42.9 Å². The standard InChI is InChI=1S/C13H15F3N2O2/c14-13(15,16)8-18-6-10(9-4-2-1-3-5-9)11(7-18)20-12(17)19/h1-5,10-11H,6-8H2,(H2,17,19)/t10-,11+/m0/s1. The van der Waals surface area contributed by atoms with Gasteiger partial charge in [-0.1, -0.05) is 30.3 Å². The summed E-state index contributed by atoms with van der Waals surface area (Å²) in [5.41, 5.74) is 5.82. The molecule has 0 unspecified atom stereocenters. The Morgan fingerprint density at radius 2 is 1.95 bits per heavy atom. The zero-order valence-corrected chi connectivity index (χ0v) is 10.6. The zero-order valence-electron chi connectivity index (χ0n) is 10.6. The Hall–Kier alpha value is -1.76. The lowest BCUT2D eigenvalue weighted by Crippen LogP contribution is -2.34. The number of nitrogens with zero attached hydrogens (tertiary/aromatic N) is 1. The maximum Gasteiger partial charge on any atom is 0.404 e. The van der Waals surface area contributed by atoms with Gasteiger partial charge >= 0.3 is 12.3 Å². The molecule has 1 heterocycles. The lowest BCUT2D eigenvalue weighted by molar-refractivity contribution is -0.144. The highest BCUT2D eigenvalue weighted by Crippen LogP contribution is 2.31. The molecule has 2 rings (SSSR count). The van der Waals surface area contributed by atoms with Crippen LogP contribution >= 0.6 is 0 Å². The summed E-state index contributed by atoms with van der Waals surface area (Å²) in [6, 6.07) is 9.01. The molecule has 0 saturated carbocycles. The number of halogens is 3. The number of carbonyl (C=O) groups is 1. The molecule has 2 N–H and O–H groups in total. The topological polar surface area (TPSA) is 55.6 Å². The van der Waals surface area contributed by atoms with Gasteiger partial charge in [-0.05, 0) is 5.56 Å². The molecule has 1 amide bonds. The quantitative estimate of drug-likeness (QED) is 0.926. The number of hydrogen-bond acceptors (Lipinski definition) is 3. The molecule has 1 fully saturated rings. The molecule has 0 radical (unpaired) electrons. The fraction of sp³-hybridized carbons (Fsp3) is 0.462. The van der Waals surface area contributed by atoms with Gasteiger partial charge in [0, 0.05) is 19.0 Å². The highest BCUT2D eigenvalue weighted by molar-refractivity contribution is 5.65. The van der Waals surface area contributed by atoms with Gasteiger partial charge in [0.05, 0.1) is 6.54 Å². The minimum absolute atomic E-state index is 0.0298. The van der Waals surface area contributed by atoms with Gasteiger partial charge in [-0.3, -0.25) is 4.90 Å². The van der Waals surface area contributed by atoms with E-state index in [4.69, 9.17) is 10.5 Å². The maximum absolute atomic E-state index is 12.5. The van der Waals surface area contributed by atoms with Crippen LogP contribution in [0.4, 0.5) is 18.0 Å². The number of primary amides is 1. The van der Waals surface area contributed by atoms with Crippen molar-refractivity contribution in [3.63, 3.8) is 0 Å². The van der Waals surface area contributed by atoms with E-state index in [0.717, 1.165) is 5.56 Å². The molecule has 20 heavy (non-hydrogen) atoms. The van der Waals surface area contributed by atoms with Crippen LogP contribution in [0.3, 0.4) is 0 Å². The first-order valence-electron chi connectivity index (χ1n) is 6.15. The summed E-state index contributed by atoms with van der Waals surface area (Å²) in [4.78, 5) is 12.1. The third kappa shape index (κ3) is 3.86. The van der Waals surface area contributed by atoms with E-state index in [1.54, 1.807) is 24.3 Å². The van der Waals surface area contributed by atoms with Gasteiger partial charge in [0.2, 0.25) is 0 Å². The minimum atomic E-state index is -4.27. The van der Waals surface area contributed by atoms with Crippen molar-refractivity contribution in [3.8, 4) is 0 Å². The smallest absolute Gasteiger partial charge is 0.404 e. The van der Waals surface area contributed by atoms with Crippen LogP contribution in [0.2, 0.25) is 0 Å². The molecule has 1 aromatic carbocycles. The molecule has 1 saturated heterocycles. The van der Waals surface area contributed by atoms with Crippen LogP contribution in [0.15, 0.2) is 30.3 Å². The second-order valence-electron chi connectivity index (χ2n) is 4.80. The van der Waals surface area contributed by atoms with Gasteiger partial charge in [-0.15, -0.1) is 0 Å². The van der Waals surface area contributed by atoms with Crippen LogP contribution in [0, 0.1) is 0 Å². The number of alkyl halides is 3. The van der Waals surface area contributed by atoms with Crippen molar-refractivity contribution >= 4 is 6.09 Å². The summed E-state index contributed by atoms with van der Waals surface area (Å²) in [5.74, 6) is -0.300. The average Bonchev–Trinajstić information content (AvgIpc) is 2.69. The summed E-state index contributed by atoms with van der Waals surface area (Å²) < 4.78 is 42.3. The molecular weight excluding hydrogens is 273 g/mol. The van der Waals surface area contributed by atoms with E-state index in [0.29, 0.717) is 0 Å². The Kier molecular flexibility index (Phi) is 4.17. The third-order valence-corrected chi connectivity index (χ3v) is 3.24. The van der Waals surface area contributed by atoms with Gasteiger partial charge in [0.25, 0.3) is 0 Å². The van der Waals surface area contributed by atoms with Crippen molar-refractivity contribution in [2.45, 2.75) is 18.2 Å². The molecule has 4 nitrogen and oxygen atoms in total. The Morgan fingerprint density at radius 1 is 1.30 bits per heavy atom. The van der Waals surface area contributed by atoms with Crippen LogP contribution < -0.4 is 5.73 Å². The van der Waals surface area contributed by atoms with Crippen LogP contribution in [0.1, 0.15) is 11.5 Å². The van der Waals surface area contributed by atoms with E-state index in [9.17, 15) is 18.0 Å². The second-order valence-corrected chi connectivity index (χ2v) is 4.80. The fourth-order valence-corrected chi connectivity index (χ4v) is 2.52. The summed E-state index contributed by atoms with van der Waals surface area (Å²) in [7, 11) is 0. The van der Waals surface area contributed by atoms with E-state index in [-0.39, 0.29) is 19.0 Å². The van der Waals surface area contributed by atoms with Gasteiger partial charge < -0.3 is 10.5 Å². The van der Waals surface area contributed by atoms with E-state index >= 15 is 0 Å². The summed E-state index contributed by atoms with van der Waals surface area (Å²) in [5, 5.41) is 0. The molecule has 0 spiro atoms. The predicted octanol–water partition coefficient (Wildman–Crippen LogP) is 2.11. The van der Waals surface area contributed by atoms with Crippen LogP contribution in [0.25, 0.3) is 0 Å². The molecule has 110 valence electrons. The number of amides is 1. The molecule has 7 heteroatoms. The van der Waals surface area contributed by atoms with E-state index < -0.39 is 24.9 Å². The van der Waals surface area contributed by atoms with E-state index in [2.05, 4.69) is 0 Å². The number of ether oxygens (including phenoxy) is 1. The average molecular weight is 288 g/mol. The summed E-state index contributed by atoms with van der Waals surface area (Å²) in [6.45, 7) is -0.807. The third-order valence-electron chi connectivity index (χ3n) is 3.24. The zero-order chi connectivity index (χ0) is 14.8. The molecule has 0 aliphatic carbocycles. The van der Waals surface area contributed by atoms with E-state index in [1.165, 1.54) is 4.90 Å².